The van der Waals surface area contributed by atoms with Crippen LogP contribution in [0.1, 0.15) is 36.6 Å². The van der Waals surface area contributed by atoms with Gasteiger partial charge in [-0.25, -0.2) is 4.98 Å². The minimum atomic E-state index is 0.817. The van der Waals surface area contributed by atoms with Crippen molar-refractivity contribution >= 4 is 0 Å². The van der Waals surface area contributed by atoms with Crippen LogP contribution in [0.25, 0.3) is 22.6 Å². The highest BCUT2D eigenvalue weighted by atomic mass is 15.2. The second-order valence-corrected chi connectivity index (χ2v) is 9.58. The van der Waals surface area contributed by atoms with Gasteiger partial charge in [-0.1, -0.05) is 135 Å². The zero-order chi connectivity index (χ0) is 25.3. The minimum Gasteiger partial charge on any atom is -0.326 e. The van der Waals surface area contributed by atoms with Crippen molar-refractivity contribution in [2.75, 3.05) is 0 Å². The van der Waals surface area contributed by atoms with E-state index in [0.29, 0.717) is 0 Å². The quantitative estimate of drug-likeness (QED) is 0.188. The van der Waals surface area contributed by atoms with E-state index in [4.69, 9.17) is 4.98 Å². The number of hydrogen-bond donors (Lipinski definition) is 0. The topological polar surface area (TPSA) is 21.1 Å². The molecule has 0 aliphatic carbocycles. The molecule has 1 aromatic heterocycles. The fourth-order valence-electron chi connectivity index (χ4n) is 4.90. The summed E-state index contributed by atoms with van der Waals surface area (Å²) in [5.74, 6) is 1.06. The Morgan fingerprint density at radius 3 is 1.59 bits per heavy atom. The van der Waals surface area contributed by atoms with Crippen LogP contribution >= 0.6 is 0 Å². The van der Waals surface area contributed by atoms with Crippen LogP contribution in [0.4, 0.5) is 0 Å². The second kappa shape index (κ2) is 12.3. The third-order valence-electron chi connectivity index (χ3n) is 6.76. The Bertz CT molecular complexity index is 1320. The second-order valence-electron chi connectivity index (χ2n) is 9.58. The van der Waals surface area contributed by atoms with Crippen LogP contribution in [0.2, 0.25) is 0 Å². The molecule has 0 atom stereocenters. The van der Waals surface area contributed by atoms with Crippen LogP contribution in [0.3, 0.4) is 0 Å². The van der Waals surface area contributed by atoms with Crippen LogP contribution in [-0.4, -0.2) is 14.5 Å². The zero-order valence-electron chi connectivity index (χ0n) is 21.6. The molecule has 0 amide bonds. The van der Waals surface area contributed by atoms with Crippen LogP contribution in [0, 0.1) is 0 Å². The van der Waals surface area contributed by atoms with E-state index in [0.717, 1.165) is 50.5 Å². The number of aromatic nitrogens is 2. The number of imidazole rings is 1. The molecule has 3 nitrogen and oxygen atoms in total. The molecule has 0 aliphatic rings. The third-order valence-corrected chi connectivity index (χ3v) is 6.76. The van der Waals surface area contributed by atoms with Gasteiger partial charge in [-0.15, -0.1) is 0 Å². The summed E-state index contributed by atoms with van der Waals surface area (Å²) in [4.78, 5) is 7.85. The third kappa shape index (κ3) is 6.25. The predicted molar refractivity (Wildman–Crippen MR) is 154 cm³/mol. The summed E-state index contributed by atoms with van der Waals surface area (Å²) in [7, 11) is 0. The molecule has 0 fully saturated rings. The summed E-state index contributed by atoms with van der Waals surface area (Å²) in [6, 6.07) is 42.9. The molecule has 37 heavy (non-hydrogen) atoms. The Labute approximate surface area is 221 Å². The molecular formula is C34H35N3. The molecule has 0 spiro atoms. The average molecular weight is 486 g/mol. The van der Waals surface area contributed by atoms with Crippen LogP contribution in [0.15, 0.2) is 121 Å². The Morgan fingerprint density at radius 1 is 0.595 bits per heavy atom. The summed E-state index contributed by atoms with van der Waals surface area (Å²) in [5, 5.41) is 0. The monoisotopic (exact) mass is 485 g/mol. The molecule has 186 valence electrons. The molecule has 0 saturated carbocycles. The van der Waals surface area contributed by atoms with E-state index in [2.05, 4.69) is 138 Å². The summed E-state index contributed by atoms with van der Waals surface area (Å²) in [6.45, 7) is 5.79. The van der Waals surface area contributed by atoms with Gasteiger partial charge >= 0.3 is 0 Å². The molecule has 0 unspecified atom stereocenters. The lowest BCUT2D eigenvalue weighted by atomic mass is 10.1. The van der Waals surface area contributed by atoms with Crippen LogP contribution in [0.5, 0.6) is 0 Å². The van der Waals surface area contributed by atoms with E-state index in [9.17, 15) is 0 Å². The number of hydrogen-bond acceptors (Lipinski definition) is 2. The first-order chi connectivity index (χ1) is 18.3. The molecule has 5 aromatic rings. The maximum absolute atomic E-state index is 5.31. The first-order valence-corrected chi connectivity index (χ1v) is 13.3. The molecule has 3 heteroatoms. The highest BCUT2D eigenvalue weighted by Crippen LogP contribution is 2.31. The van der Waals surface area contributed by atoms with Crippen molar-refractivity contribution in [1.82, 2.24) is 14.5 Å². The standard InChI is InChI=1S/C34H35N3/c1-2-3-24-37-32(27-36(25-28-16-8-4-9-17-28)26-29-18-10-5-11-19-29)33(30-20-12-6-13-21-30)35-34(37)31-22-14-7-15-23-31/h4-23H,2-3,24-27H2,1H3. The highest BCUT2D eigenvalue weighted by molar-refractivity contribution is 5.68. The van der Waals surface area contributed by atoms with Gasteiger partial charge in [0.2, 0.25) is 0 Å². The molecule has 0 aliphatic heterocycles. The molecular weight excluding hydrogens is 450 g/mol. The number of nitrogens with zero attached hydrogens (tertiary/aromatic N) is 3. The van der Waals surface area contributed by atoms with Crippen molar-refractivity contribution < 1.29 is 0 Å². The van der Waals surface area contributed by atoms with Gasteiger partial charge in [0.05, 0.1) is 11.4 Å². The molecule has 0 bridgehead atoms. The van der Waals surface area contributed by atoms with Crippen molar-refractivity contribution in [3.05, 3.63) is 138 Å². The maximum atomic E-state index is 5.31. The highest BCUT2D eigenvalue weighted by Gasteiger charge is 2.22. The lowest BCUT2D eigenvalue weighted by Crippen LogP contribution is -2.24. The van der Waals surface area contributed by atoms with E-state index in [1.54, 1.807) is 0 Å². The van der Waals surface area contributed by atoms with Crippen molar-refractivity contribution in [3.63, 3.8) is 0 Å². The van der Waals surface area contributed by atoms with E-state index >= 15 is 0 Å². The van der Waals surface area contributed by atoms with Gasteiger partial charge in [-0.3, -0.25) is 4.90 Å². The maximum Gasteiger partial charge on any atom is 0.140 e. The van der Waals surface area contributed by atoms with E-state index in [1.807, 2.05) is 0 Å². The first-order valence-electron chi connectivity index (χ1n) is 13.3. The largest absolute Gasteiger partial charge is 0.326 e. The van der Waals surface area contributed by atoms with Crippen LogP contribution in [-0.2, 0) is 26.2 Å². The first kappa shape index (κ1) is 24.7. The van der Waals surface area contributed by atoms with Gasteiger partial charge in [0.1, 0.15) is 5.82 Å². The van der Waals surface area contributed by atoms with E-state index < -0.39 is 0 Å². The predicted octanol–water partition coefficient (Wildman–Crippen LogP) is 8.22. The van der Waals surface area contributed by atoms with Crippen molar-refractivity contribution in [3.8, 4) is 22.6 Å². The normalized spacial score (nSPS) is 11.2. The Hall–Kier alpha value is -3.95. The Balaban J connectivity index is 1.61. The summed E-state index contributed by atoms with van der Waals surface area (Å²) < 4.78 is 2.48. The van der Waals surface area contributed by atoms with Gasteiger partial charge in [0.25, 0.3) is 0 Å². The summed E-state index contributed by atoms with van der Waals surface area (Å²) >= 11 is 0. The minimum absolute atomic E-state index is 0.817. The SMILES string of the molecule is CCCCn1c(-c2ccccc2)nc(-c2ccccc2)c1CN(Cc1ccccc1)Cc1ccccc1. The molecule has 5 rings (SSSR count). The lowest BCUT2D eigenvalue weighted by molar-refractivity contribution is 0.241. The Morgan fingerprint density at radius 2 is 1.08 bits per heavy atom. The summed E-state index contributed by atoms with van der Waals surface area (Å²) in [5.41, 5.74) is 7.35. The Kier molecular flexibility index (Phi) is 8.25. The van der Waals surface area contributed by atoms with Gasteiger partial charge in [0.15, 0.2) is 0 Å². The fraction of sp³-hybridized carbons (Fsp3) is 0.206. The van der Waals surface area contributed by atoms with Crippen LogP contribution < -0.4 is 0 Å². The van der Waals surface area contributed by atoms with Gasteiger partial charge in [-0.05, 0) is 17.5 Å². The molecule has 0 radical (unpaired) electrons. The van der Waals surface area contributed by atoms with Crippen molar-refractivity contribution in [2.45, 2.75) is 45.9 Å². The van der Waals surface area contributed by atoms with E-state index in [-0.39, 0.29) is 0 Å². The van der Waals surface area contributed by atoms with Crippen molar-refractivity contribution in [2.24, 2.45) is 0 Å². The van der Waals surface area contributed by atoms with Gasteiger partial charge < -0.3 is 4.57 Å². The molecule has 0 N–H and O–H groups in total. The fourth-order valence-corrected chi connectivity index (χ4v) is 4.90. The molecule has 0 saturated heterocycles. The van der Waals surface area contributed by atoms with Crippen molar-refractivity contribution in [1.29, 1.82) is 0 Å². The summed E-state index contributed by atoms with van der Waals surface area (Å²) in [6.07, 6.45) is 2.26. The van der Waals surface area contributed by atoms with Gasteiger partial charge in [-0.2, -0.15) is 0 Å². The average Bonchev–Trinajstić information content (AvgIpc) is 3.31. The number of unbranched alkanes of at least 4 members (excludes halogenated alkanes) is 1. The van der Waals surface area contributed by atoms with Gasteiger partial charge in [0, 0.05) is 37.3 Å². The number of benzene rings is 4. The zero-order valence-corrected chi connectivity index (χ0v) is 21.6. The van der Waals surface area contributed by atoms with E-state index in [1.165, 1.54) is 27.9 Å². The number of rotatable bonds is 11. The smallest absolute Gasteiger partial charge is 0.140 e. The molecule has 4 aromatic carbocycles. The molecule has 1 heterocycles. The lowest BCUT2D eigenvalue weighted by Gasteiger charge is -2.24.